The minimum Gasteiger partial charge on any atom is -0.434 e. The summed E-state index contributed by atoms with van der Waals surface area (Å²) in [6.45, 7) is 2.79. The highest BCUT2D eigenvalue weighted by molar-refractivity contribution is 5.35. The third-order valence-corrected chi connectivity index (χ3v) is 3.46. The second-order valence-electron chi connectivity index (χ2n) is 4.80. The number of alkyl halides is 2. The van der Waals surface area contributed by atoms with Crippen molar-refractivity contribution >= 4 is 0 Å². The number of ether oxygens (including phenoxy) is 1. The van der Waals surface area contributed by atoms with Crippen LogP contribution in [0.2, 0.25) is 0 Å². The number of hydrogen-bond acceptors (Lipinski definition) is 2. The van der Waals surface area contributed by atoms with Gasteiger partial charge in [0.2, 0.25) is 0 Å². The van der Waals surface area contributed by atoms with E-state index in [1.54, 1.807) is 18.2 Å². The molecule has 1 heterocycles. The van der Waals surface area contributed by atoms with Crippen molar-refractivity contribution in [1.82, 2.24) is 9.88 Å². The van der Waals surface area contributed by atoms with Crippen LogP contribution in [0.1, 0.15) is 31.1 Å². The first-order valence-electron chi connectivity index (χ1n) is 7.03. The Bertz CT molecular complexity index is 569. The fourth-order valence-corrected chi connectivity index (χ4v) is 2.33. The van der Waals surface area contributed by atoms with Crippen LogP contribution in [0, 0.1) is 0 Å². The van der Waals surface area contributed by atoms with Gasteiger partial charge in [0.15, 0.2) is 0 Å². The Hall–Kier alpha value is -1.88. The molecule has 1 aromatic carbocycles. The van der Waals surface area contributed by atoms with Crippen molar-refractivity contribution < 1.29 is 13.5 Å². The van der Waals surface area contributed by atoms with E-state index in [0.717, 1.165) is 17.8 Å². The highest BCUT2D eigenvalue weighted by Gasteiger charge is 2.14. The molecule has 0 amide bonds. The summed E-state index contributed by atoms with van der Waals surface area (Å²) in [6.07, 6.45) is 2.02. The van der Waals surface area contributed by atoms with Gasteiger partial charge in [-0.1, -0.05) is 18.2 Å². The summed E-state index contributed by atoms with van der Waals surface area (Å²) in [5.41, 5.74) is 1.89. The van der Waals surface area contributed by atoms with Crippen LogP contribution in [0.4, 0.5) is 8.78 Å². The number of hydrogen-bond donors (Lipinski definition) is 1. The van der Waals surface area contributed by atoms with Gasteiger partial charge in [0.05, 0.1) is 0 Å². The average Bonchev–Trinajstić information content (AvgIpc) is 2.92. The quantitative estimate of drug-likeness (QED) is 0.836. The van der Waals surface area contributed by atoms with Crippen LogP contribution in [0.25, 0.3) is 0 Å². The number of benzene rings is 1. The van der Waals surface area contributed by atoms with Crippen molar-refractivity contribution in [2.75, 3.05) is 0 Å². The van der Waals surface area contributed by atoms with Crippen molar-refractivity contribution in [3.63, 3.8) is 0 Å². The number of aryl methyl sites for hydroxylation is 1. The number of halogens is 2. The molecule has 0 spiro atoms. The van der Waals surface area contributed by atoms with Crippen LogP contribution >= 0.6 is 0 Å². The van der Waals surface area contributed by atoms with Gasteiger partial charge >= 0.3 is 6.61 Å². The van der Waals surface area contributed by atoms with Crippen LogP contribution < -0.4 is 10.1 Å². The molecule has 0 aliphatic rings. The number of para-hydroxylation sites is 1. The number of aromatic nitrogens is 1. The molecule has 2 rings (SSSR count). The maximum Gasteiger partial charge on any atom is 0.387 e. The largest absolute Gasteiger partial charge is 0.434 e. The van der Waals surface area contributed by atoms with Crippen LogP contribution in [0.15, 0.2) is 42.6 Å². The van der Waals surface area contributed by atoms with E-state index in [1.807, 2.05) is 31.3 Å². The Kier molecular flexibility index (Phi) is 5.33. The molecule has 0 fully saturated rings. The Labute approximate surface area is 123 Å². The lowest BCUT2D eigenvalue weighted by Crippen LogP contribution is -2.21. The first kappa shape index (κ1) is 15.5. The third-order valence-electron chi connectivity index (χ3n) is 3.46. The molecule has 1 unspecified atom stereocenters. The fourth-order valence-electron chi connectivity index (χ4n) is 2.33. The van der Waals surface area contributed by atoms with Crippen LogP contribution in [0.3, 0.4) is 0 Å². The maximum atomic E-state index is 12.4. The Balaban J connectivity index is 2.05. The topological polar surface area (TPSA) is 26.2 Å². The van der Waals surface area contributed by atoms with Crippen LogP contribution in [-0.2, 0) is 13.1 Å². The zero-order valence-electron chi connectivity index (χ0n) is 12.2. The summed E-state index contributed by atoms with van der Waals surface area (Å²) < 4.78 is 31.6. The lowest BCUT2D eigenvalue weighted by Gasteiger charge is -2.18. The van der Waals surface area contributed by atoms with E-state index in [1.165, 1.54) is 0 Å². The van der Waals surface area contributed by atoms with Crippen LogP contribution in [0.5, 0.6) is 5.75 Å². The van der Waals surface area contributed by atoms with Gasteiger partial charge in [-0.2, -0.15) is 8.78 Å². The van der Waals surface area contributed by atoms with Crippen molar-refractivity contribution in [3.05, 3.63) is 53.9 Å². The van der Waals surface area contributed by atoms with E-state index in [2.05, 4.69) is 21.5 Å². The normalized spacial score (nSPS) is 12.6. The fraction of sp³-hybridized carbons (Fsp3) is 0.375. The first-order valence-corrected chi connectivity index (χ1v) is 7.03. The molecule has 1 aromatic heterocycles. The molecular formula is C16H20F2N2O. The Morgan fingerprint density at radius 2 is 1.95 bits per heavy atom. The van der Waals surface area contributed by atoms with E-state index < -0.39 is 6.61 Å². The molecule has 0 bridgehead atoms. The second-order valence-corrected chi connectivity index (χ2v) is 4.80. The molecule has 21 heavy (non-hydrogen) atoms. The monoisotopic (exact) mass is 294 g/mol. The molecule has 0 saturated heterocycles. The highest BCUT2D eigenvalue weighted by Crippen LogP contribution is 2.26. The SMILES string of the molecule is CCn1cccc1CNC(C)c1ccccc1OC(F)F. The summed E-state index contributed by atoms with van der Waals surface area (Å²) in [7, 11) is 0. The Morgan fingerprint density at radius 3 is 2.67 bits per heavy atom. The first-order chi connectivity index (χ1) is 10.1. The Morgan fingerprint density at radius 1 is 1.19 bits per heavy atom. The molecule has 1 atom stereocenters. The van der Waals surface area contributed by atoms with E-state index in [4.69, 9.17) is 0 Å². The van der Waals surface area contributed by atoms with Gasteiger partial charge in [0.25, 0.3) is 0 Å². The molecule has 114 valence electrons. The van der Waals surface area contributed by atoms with E-state index in [0.29, 0.717) is 6.54 Å². The van der Waals surface area contributed by atoms with Gasteiger partial charge in [-0.25, -0.2) is 0 Å². The maximum absolute atomic E-state index is 12.4. The number of nitrogens with one attached hydrogen (secondary N) is 1. The minimum absolute atomic E-state index is 0.0832. The molecule has 5 heteroatoms. The zero-order chi connectivity index (χ0) is 15.2. The smallest absolute Gasteiger partial charge is 0.387 e. The summed E-state index contributed by atoms with van der Waals surface area (Å²) in [6, 6.07) is 10.8. The average molecular weight is 294 g/mol. The van der Waals surface area contributed by atoms with E-state index >= 15 is 0 Å². The predicted octanol–water partition coefficient (Wildman–Crippen LogP) is 3.96. The van der Waals surface area contributed by atoms with Gasteiger partial charge in [0.1, 0.15) is 5.75 Å². The molecule has 0 saturated carbocycles. The molecule has 0 radical (unpaired) electrons. The van der Waals surface area contributed by atoms with E-state index in [-0.39, 0.29) is 11.8 Å². The van der Waals surface area contributed by atoms with Crippen molar-refractivity contribution in [1.29, 1.82) is 0 Å². The molecule has 3 nitrogen and oxygen atoms in total. The highest BCUT2D eigenvalue weighted by atomic mass is 19.3. The van der Waals surface area contributed by atoms with Gasteiger partial charge in [-0.05, 0) is 32.0 Å². The molecule has 0 aliphatic heterocycles. The van der Waals surface area contributed by atoms with Crippen molar-refractivity contribution in [3.8, 4) is 5.75 Å². The summed E-state index contributed by atoms with van der Waals surface area (Å²) in [5.74, 6) is 0.221. The molecular weight excluding hydrogens is 274 g/mol. The van der Waals surface area contributed by atoms with Crippen molar-refractivity contribution in [2.45, 2.75) is 39.6 Å². The minimum atomic E-state index is -2.81. The lowest BCUT2D eigenvalue weighted by atomic mass is 10.1. The number of rotatable bonds is 7. The lowest BCUT2D eigenvalue weighted by molar-refractivity contribution is -0.0506. The number of nitrogens with zero attached hydrogens (tertiary/aromatic N) is 1. The van der Waals surface area contributed by atoms with Gasteiger partial charge in [0, 0.05) is 36.6 Å². The predicted molar refractivity (Wildman–Crippen MR) is 78.4 cm³/mol. The molecule has 2 aromatic rings. The van der Waals surface area contributed by atoms with Gasteiger partial charge in [-0.15, -0.1) is 0 Å². The van der Waals surface area contributed by atoms with Gasteiger partial charge in [-0.3, -0.25) is 0 Å². The molecule has 1 N–H and O–H groups in total. The standard InChI is InChI=1S/C16H20F2N2O/c1-3-20-10-6-7-13(20)11-19-12(2)14-8-4-5-9-15(14)21-16(17)18/h4-10,12,16,19H,3,11H2,1-2H3. The summed E-state index contributed by atoms with van der Waals surface area (Å²) in [4.78, 5) is 0. The zero-order valence-corrected chi connectivity index (χ0v) is 12.2. The van der Waals surface area contributed by atoms with Crippen LogP contribution in [-0.4, -0.2) is 11.2 Å². The summed E-state index contributed by atoms with van der Waals surface area (Å²) >= 11 is 0. The third kappa shape index (κ3) is 4.04. The summed E-state index contributed by atoms with van der Waals surface area (Å²) in [5, 5.41) is 3.34. The van der Waals surface area contributed by atoms with E-state index in [9.17, 15) is 8.78 Å². The van der Waals surface area contributed by atoms with Crippen molar-refractivity contribution in [2.24, 2.45) is 0 Å². The second kappa shape index (κ2) is 7.22. The molecule has 0 aliphatic carbocycles. The van der Waals surface area contributed by atoms with Gasteiger partial charge < -0.3 is 14.6 Å².